The number of aromatic nitrogens is 1. The number of rotatable bonds is 4. The molecule has 0 aliphatic carbocycles. The lowest BCUT2D eigenvalue weighted by Gasteiger charge is -2.34. The van der Waals surface area contributed by atoms with Crippen LogP contribution in [0.25, 0.3) is 10.2 Å². The van der Waals surface area contributed by atoms with E-state index < -0.39 is 9.84 Å². The average molecular weight is 448 g/mol. The van der Waals surface area contributed by atoms with Crippen molar-refractivity contribution in [3.63, 3.8) is 0 Å². The summed E-state index contributed by atoms with van der Waals surface area (Å²) in [6.07, 6.45) is 3.22. The van der Waals surface area contributed by atoms with Crippen molar-refractivity contribution in [3.8, 4) is 0 Å². The summed E-state index contributed by atoms with van der Waals surface area (Å²) in [5.41, 5.74) is 1.23. The number of piperazine rings is 1. The number of fused-ring (bicyclic) bond motifs is 1. The standard InChI is InChI=1S/C20H21N3O3S3/c1-27-15-8-6-14(7-9-15)19(24)22-10-12-23(13-11-22)20-21-18-16(28-20)4-3-5-17(18)29(2,25)26/h3-9H,10-13H2,1-2H3. The Morgan fingerprint density at radius 3 is 2.38 bits per heavy atom. The molecule has 0 N–H and O–H groups in total. The molecule has 4 rings (SSSR count). The predicted octanol–water partition coefficient (Wildman–Crippen LogP) is 3.38. The van der Waals surface area contributed by atoms with Gasteiger partial charge in [0.05, 0.1) is 9.60 Å². The number of thioether (sulfide) groups is 1. The average Bonchev–Trinajstić information content (AvgIpc) is 3.17. The van der Waals surface area contributed by atoms with Crippen LogP contribution in [-0.2, 0) is 9.84 Å². The van der Waals surface area contributed by atoms with Crippen LogP contribution in [0.5, 0.6) is 0 Å². The molecule has 1 aromatic heterocycles. The van der Waals surface area contributed by atoms with Crippen molar-refractivity contribution >= 4 is 54.2 Å². The summed E-state index contributed by atoms with van der Waals surface area (Å²) in [5, 5.41) is 0.799. The highest BCUT2D eigenvalue weighted by molar-refractivity contribution is 7.98. The minimum Gasteiger partial charge on any atom is -0.345 e. The lowest BCUT2D eigenvalue weighted by Crippen LogP contribution is -2.48. The molecule has 1 saturated heterocycles. The second kappa shape index (κ2) is 7.97. The summed E-state index contributed by atoms with van der Waals surface area (Å²) in [5.74, 6) is 0.0426. The number of hydrogen-bond donors (Lipinski definition) is 0. The van der Waals surface area contributed by atoms with Crippen LogP contribution >= 0.6 is 23.1 Å². The van der Waals surface area contributed by atoms with E-state index in [1.807, 2.05) is 41.5 Å². The molecule has 1 aliphatic heterocycles. The fraction of sp³-hybridized carbons (Fsp3) is 0.300. The number of hydrogen-bond acceptors (Lipinski definition) is 7. The van der Waals surface area contributed by atoms with Crippen molar-refractivity contribution in [1.82, 2.24) is 9.88 Å². The molecule has 29 heavy (non-hydrogen) atoms. The number of nitrogens with zero attached hydrogens (tertiary/aromatic N) is 3. The van der Waals surface area contributed by atoms with Crippen molar-refractivity contribution < 1.29 is 13.2 Å². The van der Waals surface area contributed by atoms with Gasteiger partial charge in [0.1, 0.15) is 5.52 Å². The monoisotopic (exact) mass is 447 g/mol. The molecule has 0 bridgehead atoms. The second-order valence-corrected chi connectivity index (χ2v) is 10.8. The number of benzene rings is 2. The lowest BCUT2D eigenvalue weighted by atomic mass is 10.2. The minimum atomic E-state index is -3.33. The quantitative estimate of drug-likeness (QED) is 0.571. The van der Waals surface area contributed by atoms with Crippen molar-refractivity contribution in [2.45, 2.75) is 9.79 Å². The van der Waals surface area contributed by atoms with E-state index in [4.69, 9.17) is 0 Å². The van der Waals surface area contributed by atoms with Gasteiger partial charge in [-0.1, -0.05) is 17.4 Å². The van der Waals surface area contributed by atoms with Gasteiger partial charge >= 0.3 is 0 Å². The van der Waals surface area contributed by atoms with E-state index in [0.29, 0.717) is 37.3 Å². The van der Waals surface area contributed by atoms with E-state index in [2.05, 4.69) is 9.88 Å². The molecular weight excluding hydrogens is 426 g/mol. The van der Waals surface area contributed by atoms with E-state index in [0.717, 1.165) is 14.7 Å². The number of para-hydroxylation sites is 1. The minimum absolute atomic E-state index is 0.0426. The Morgan fingerprint density at radius 2 is 1.76 bits per heavy atom. The van der Waals surface area contributed by atoms with E-state index in [9.17, 15) is 13.2 Å². The van der Waals surface area contributed by atoms with Crippen LogP contribution < -0.4 is 4.90 Å². The van der Waals surface area contributed by atoms with E-state index in [1.54, 1.807) is 23.9 Å². The molecule has 1 fully saturated rings. The fourth-order valence-corrected chi connectivity index (χ4v) is 5.71. The first-order valence-electron chi connectivity index (χ1n) is 9.15. The zero-order chi connectivity index (χ0) is 20.6. The van der Waals surface area contributed by atoms with Gasteiger partial charge in [-0.3, -0.25) is 4.79 Å². The summed E-state index contributed by atoms with van der Waals surface area (Å²) >= 11 is 3.14. The van der Waals surface area contributed by atoms with Crippen LogP contribution in [0, 0.1) is 0 Å². The summed E-state index contributed by atoms with van der Waals surface area (Å²) in [6, 6.07) is 12.9. The van der Waals surface area contributed by atoms with Crippen LogP contribution in [-0.4, -0.2) is 62.9 Å². The van der Waals surface area contributed by atoms with Crippen LogP contribution in [0.1, 0.15) is 10.4 Å². The molecule has 2 heterocycles. The van der Waals surface area contributed by atoms with Gasteiger partial charge in [-0.05, 0) is 42.7 Å². The largest absolute Gasteiger partial charge is 0.345 e. The molecule has 6 nitrogen and oxygen atoms in total. The molecule has 0 unspecified atom stereocenters. The lowest BCUT2D eigenvalue weighted by molar-refractivity contribution is 0.0746. The maximum atomic E-state index is 12.8. The summed E-state index contributed by atoms with van der Waals surface area (Å²) < 4.78 is 24.9. The summed E-state index contributed by atoms with van der Waals surface area (Å²) in [6.45, 7) is 2.56. The van der Waals surface area contributed by atoms with Crippen LogP contribution in [0.2, 0.25) is 0 Å². The highest BCUT2D eigenvalue weighted by Gasteiger charge is 2.25. The number of carbonyl (C=O) groups is 1. The van der Waals surface area contributed by atoms with Crippen molar-refractivity contribution in [1.29, 1.82) is 0 Å². The summed E-state index contributed by atoms with van der Waals surface area (Å²) in [7, 11) is -3.33. The zero-order valence-corrected chi connectivity index (χ0v) is 18.6. The molecule has 152 valence electrons. The zero-order valence-electron chi connectivity index (χ0n) is 16.2. The topological polar surface area (TPSA) is 70.6 Å². The molecule has 0 atom stereocenters. The molecule has 9 heteroatoms. The Morgan fingerprint density at radius 1 is 1.07 bits per heavy atom. The maximum absolute atomic E-state index is 12.8. The van der Waals surface area contributed by atoms with E-state index >= 15 is 0 Å². The fourth-order valence-electron chi connectivity index (χ4n) is 3.36. The normalized spacial score (nSPS) is 15.1. The van der Waals surface area contributed by atoms with Gasteiger partial charge < -0.3 is 9.80 Å². The Labute approximate surface area is 178 Å². The number of carbonyl (C=O) groups excluding carboxylic acids is 1. The third-order valence-electron chi connectivity index (χ3n) is 4.94. The van der Waals surface area contributed by atoms with Crippen LogP contribution in [0.3, 0.4) is 0 Å². The van der Waals surface area contributed by atoms with Crippen molar-refractivity contribution in [2.75, 3.05) is 43.6 Å². The van der Waals surface area contributed by atoms with Crippen molar-refractivity contribution in [2.24, 2.45) is 0 Å². The van der Waals surface area contributed by atoms with Gasteiger partial charge in [-0.2, -0.15) is 0 Å². The SMILES string of the molecule is CSc1ccc(C(=O)N2CCN(c3nc4c(S(C)(=O)=O)cccc4s3)CC2)cc1. The highest BCUT2D eigenvalue weighted by atomic mass is 32.2. The molecule has 1 aliphatic rings. The molecule has 0 spiro atoms. The first kappa shape index (κ1) is 20.2. The second-order valence-electron chi connectivity index (χ2n) is 6.88. The molecule has 1 amide bonds. The van der Waals surface area contributed by atoms with Gasteiger partial charge in [0, 0.05) is 42.9 Å². The molecule has 2 aromatic carbocycles. The first-order valence-corrected chi connectivity index (χ1v) is 13.1. The predicted molar refractivity (Wildman–Crippen MR) is 119 cm³/mol. The molecular formula is C20H21N3O3S3. The first-order chi connectivity index (χ1) is 13.9. The Kier molecular flexibility index (Phi) is 5.54. The van der Waals surface area contributed by atoms with E-state index in [1.165, 1.54) is 17.6 Å². The van der Waals surface area contributed by atoms with Gasteiger partial charge in [0.2, 0.25) is 0 Å². The van der Waals surface area contributed by atoms with Gasteiger partial charge in [-0.25, -0.2) is 13.4 Å². The Balaban J connectivity index is 1.49. The third kappa shape index (κ3) is 4.12. The number of anilines is 1. The smallest absolute Gasteiger partial charge is 0.253 e. The molecule has 0 radical (unpaired) electrons. The number of amides is 1. The maximum Gasteiger partial charge on any atom is 0.253 e. The van der Waals surface area contributed by atoms with Crippen LogP contribution in [0.15, 0.2) is 52.3 Å². The van der Waals surface area contributed by atoms with E-state index in [-0.39, 0.29) is 10.8 Å². The number of thiazole rings is 1. The van der Waals surface area contributed by atoms with Crippen LogP contribution in [0.4, 0.5) is 5.13 Å². The molecule has 3 aromatic rings. The van der Waals surface area contributed by atoms with Gasteiger partial charge in [0.25, 0.3) is 5.91 Å². The highest BCUT2D eigenvalue weighted by Crippen LogP contribution is 2.33. The van der Waals surface area contributed by atoms with Crippen molar-refractivity contribution in [3.05, 3.63) is 48.0 Å². The Hall–Kier alpha value is -2.10. The third-order valence-corrected chi connectivity index (χ3v) is 7.90. The molecule has 0 saturated carbocycles. The van der Waals surface area contributed by atoms with Gasteiger partial charge in [0.15, 0.2) is 15.0 Å². The summed E-state index contributed by atoms with van der Waals surface area (Å²) in [4.78, 5) is 22.8. The van der Waals surface area contributed by atoms with Gasteiger partial charge in [-0.15, -0.1) is 11.8 Å². The number of sulfone groups is 1. The Bertz CT molecular complexity index is 1150.